The molecule has 158 valence electrons. The summed E-state index contributed by atoms with van der Waals surface area (Å²) in [7, 11) is 1.67. The molecule has 3 aromatic heterocycles. The number of benzene rings is 1. The highest BCUT2D eigenvalue weighted by Crippen LogP contribution is 2.29. The number of unbranched alkanes of at least 4 members (excludes halogenated alkanes) is 1. The van der Waals surface area contributed by atoms with E-state index in [9.17, 15) is 9.59 Å². The number of hydrogen-bond acceptors (Lipinski definition) is 4. The third-order valence-electron chi connectivity index (χ3n) is 5.66. The summed E-state index contributed by atoms with van der Waals surface area (Å²) in [4.78, 5) is 30.9. The predicted molar refractivity (Wildman–Crippen MR) is 117 cm³/mol. The lowest BCUT2D eigenvalue weighted by Gasteiger charge is -2.12. The van der Waals surface area contributed by atoms with E-state index in [-0.39, 0.29) is 11.2 Å². The number of ether oxygens (including phenoxy) is 1. The van der Waals surface area contributed by atoms with E-state index >= 15 is 0 Å². The van der Waals surface area contributed by atoms with E-state index in [1.807, 2.05) is 60.9 Å². The molecule has 0 radical (unpaired) electrons. The standard InChI is InChI=1S/C22H27N5O3/c1-6-8-13-25-20(28)18-19(24(5)22(25)29)23-21-26(14(3)15(4)27(18)21)16-11-9-10-12-17(16)30-7-2/h9-12H,6-8,13H2,1-5H3. The van der Waals surface area contributed by atoms with E-state index in [2.05, 4.69) is 0 Å². The molecule has 0 bridgehead atoms. The van der Waals surface area contributed by atoms with Crippen LogP contribution in [0.1, 0.15) is 38.1 Å². The Labute approximate surface area is 174 Å². The summed E-state index contributed by atoms with van der Waals surface area (Å²) in [6.45, 7) is 8.88. The van der Waals surface area contributed by atoms with Crippen LogP contribution in [0, 0.1) is 13.8 Å². The number of imidazole rings is 2. The maximum atomic E-state index is 13.3. The van der Waals surface area contributed by atoms with Crippen molar-refractivity contribution < 1.29 is 4.74 Å². The monoisotopic (exact) mass is 409 g/mol. The highest BCUT2D eigenvalue weighted by Gasteiger charge is 2.24. The van der Waals surface area contributed by atoms with E-state index in [4.69, 9.17) is 9.72 Å². The Morgan fingerprint density at radius 2 is 1.80 bits per heavy atom. The molecule has 0 N–H and O–H groups in total. The minimum atomic E-state index is -0.336. The van der Waals surface area contributed by atoms with Crippen LogP contribution in [-0.4, -0.2) is 29.7 Å². The third-order valence-corrected chi connectivity index (χ3v) is 5.66. The molecule has 0 aliphatic rings. The lowest BCUT2D eigenvalue weighted by Crippen LogP contribution is -2.39. The Kier molecular flexibility index (Phi) is 5.01. The Hall–Kier alpha value is -3.29. The first kappa shape index (κ1) is 20.0. The van der Waals surface area contributed by atoms with Gasteiger partial charge >= 0.3 is 5.69 Å². The molecule has 8 nitrogen and oxygen atoms in total. The molecule has 0 atom stereocenters. The van der Waals surface area contributed by atoms with Crippen LogP contribution in [0.5, 0.6) is 5.75 Å². The molecular weight excluding hydrogens is 382 g/mol. The lowest BCUT2D eigenvalue weighted by atomic mass is 10.2. The molecule has 0 aliphatic heterocycles. The second kappa shape index (κ2) is 7.51. The number of aromatic nitrogens is 5. The highest BCUT2D eigenvalue weighted by atomic mass is 16.5. The van der Waals surface area contributed by atoms with Gasteiger partial charge in [0.25, 0.3) is 5.56 Å². The van der Waals surface area contributed by atoms with E-state index in [1.54, 1.807) is 7.05 Å². The van der Waals surface area contributed by atoms with E-state index in [0.29, 0.717) is 30.1 Å². The van der Waals surface area contributed by atoms with Crippen molar-refractivity contribution in [3.63, 3.8) is 0 Å². The predicted octanol–water partition coefficient (Wildman–Crippen LogP) is 2.95. The Balaban J connectivity index is 2.13. The van der Waals surface area contributed by atoms with Crippen molar-refractivity contribution in [2.45, 2.75) is 47.1 Å². The summed E-state index contributed by atoms with van der Waals surface area (Å²) in [5, 5.41) is 0. The SMILES string of the molecule is CCCCn1c(=O)c2c(nc3n(-c4ccccc4OCC)c(C)c(C)n23)n(C)c1=O. The van der Waals surface area contributed by atoms with Crippen LogP contribution in [0.2, 0.25) is 0 Å². The van der Waals surface area contributed by atoms with Crippen LogP contribution >= 0.6 is 0 Å². The molecule has 0 aliphatic carbocycles. The molecule has 30 heavy (non-hydrogen) atoms. The molecule has 3 heterocycles. The zero-order valence-corrected chi connectivity index (χ0v) is 18.1. The van der Waals surface area contributed by atoms with Gasteiger partial charge in [-0.3, -0.25) is 22.9 Å². The zero-order chi connectivity index (χ0) is 21.6. The van der Waals surface area contributed by atoms with Crippen molar-refractivity contribution in [3.8, 4) is 11.4 Å². The number of para-hydroxylation sites is 2. The fraction of sp³-hybridized carbons (Fsp3) is 0.409. The van der Waals surface area contributed by atoms with Crippen molar-refractivity contribution in [1.82, 2.24) is 23.1 Å². The van der Waals surface area contributed by atoms with Crippen molar-refractivity contribution in [2.24, 2.45) is 7.05 Å². The summed E-state index contributed by atoms with van der Waals surface area (Å²) in [5.41, 5.74) is 2.89. The zero-order valence-electron chi connectivity index (χ0n) is 18.1. The van der Waals surface area contributed by atoms with Gasteiger partial charge in [-0.1, -0.05) is 25.5 Å². The van der Waals surface area contributed by atoms with Crippen LogP contribution in [-0.2, 0) is 13.6 Å². The Morgan fingerprint density at radius 1 is 1.07 bits per heavy atom. The number of rotatable bonds is 6. The summed E-state index contributed by atoms with van der Waals surface area (Å²) in [5.74, 6) is 1.33. The summed E-state index contributed by atoms with van der Waals surface area (Å²) in [6, 6.07) is 7.75. The van der Waals surface area contributed by atoms with Gasteiger partial charge in [-0.25, -0.2) is 4.79 Å². The second-order valence-corrected chi connectivity index (χ2v) is 7.48. The average Bonchev–Trinajstić information content (AvgIpc) is 3.23. The maximum absolute atomic E-state index is 13.3. The Bertz CT molecular complexity index is 1370. The van der Waals surface area contributed by atoms with Gasteiger partial charge in [0.1, 0.15) is 5.75 Å². The molecule has 8 heteroatoms. The molecule has 4 aromatic rings. The molecule has 0 spiro atoms. The van der Waals surface area contributed by atoms with Gasteiger partial charge in [0, 0.05) is 25.0 Å². The van der Waals surface area contributed by atoms with Crippen LogP contribution in [0.25, 0.3) is 22.6 Å². The fourth-order valence-electron chi connectivity index (χ4n) is 3.97. The molecule has 0 saturated heterocycles. The maximum Gasteiger partial charge on any atom is 0.332 e. The number of hydrogen-bond donors (Lipinski definition) is 0. The number of aryl methyl sites for hydroxylation is 2. The summed E-state index contributed by atoms with van der Waals surface area (Å²) >= 11 is 0. The second-order valence-electron chi connectivity index (χ2n) is 7.48. The largest absolute Gasteiger partial charge is 0.492 e. The van der Waals surface area contributed by atoms with Gasteiger partial charge in [-0.05, 0) is 39.3 Å². The van der Waals surface area contributed by atoms with Crippen molar-refractivity contribution in [2.75, 3.05) is 6.61 Å². The lowest BCUT2D eigenvalue weighted by molar-refractivity contribution is 0.339. The topological polar surface area (TPSA) is 75.5 Å². The van der Waals surface area contributed by atoms with E-state index < -0.39 is 0 Å². The van der Waals surface area contributed by atoms with Gasteiger partial charge in [-0.2, -0.15) is 4.98 Å². The smallest absolute Gasteiger partial charge is 0.332 e. The Morgan fingerprint density at radius 3 is 2.50 bits per heavy atom. The summed E-state index contributed by atoms with van der Waals surface area (Å²) < 4.78 is 12.5. The van der Waals surface area contributed by atoms with Crippen molar-refractivity contribution >= 4 is 16.9 Å². The third kappa shape index (κ3) is 2.78. The molecular formula is C22H27N5O3. The van der Waals surface area contributed by atoms with E-state index in [1.165, 1.54) is 9.13 Å². The minimum absolute atomic E-state index is 0.299. The first-order valence-electron chi connectivity index (χ1n) is 10.3. The van der Waals surface area contributed by atoms with Gasteiger partial charge in [0.05, 0.1) is 12.3 Å². The van der Waals surface area contributed by atoms with Crippen LogP contribution in [0.15, 0.2) is 33.9 Å². The van der Waals surface area contributed by atoms with Crippen molar-refractivity contribution in [1.29, 1.82) is 0 Å². The van der Waals surface area contributed by atoms with Crippen LogP contribution in [0.4, 0.5) is 0 Å². The normalized spacial score (nSPS) is 11.6. The van der Waals surface area contributed by atoms with Crippen LogP contribution in [0.3, 0.4) is 0 Å². The molecule has 0 unspecified atom stereocenters. The number of fused-ring (bicyclic) bond motifs is 3. The first-order valence-corrected chi connectivity index (χ1v) is 10.3. The first-order chi connectivity index (χ1) is 14.4. The average molecular weight is 409 g/mol. The minimum Gasteiger partial charge on any atom is -0.492 e. The summed E-state index contributed by atoms with van der Waals surface area (Å²) in [6.07, 6.45) is 1.67. The van der Waals surface area contributed by atoms with Crippen LogP contribution < -0.4 is 16.0 Å². The van der Waals surface area contributed by atoms with E-state index in [0.717, 1.165) is 35.7 Å². The van der Waals surface area contributed by atoms with Crippen molar-refractivity contribution in [3.05, 3.63) is 56.5 Å². The molecule has 1 aromatic carbocycles. The highest BCUT2D eigenvalue weighted by molar-refractivity contribution is 5.77. The van der Waals surface area contributed by atoms with Gasteiger partial charge < -0.3 is 4.74 Å². The number of nitrogens with zero attached hydrogens (tertiary/aromatic N) is 5. The van der Waals surface area contributed by atoms with Gasteiger partial charge in [0.15, 0.2) is 11.2 Å². The quantitative estimate of drug-likeness (QED) is 0.491. The molecule has 4 rings (SSSR count). The molecule has 0 saturated carbocycles. The molecule has 0 amide bonds. The molecule has 0 fully saturated rings. The fourth-order valence-corrected chi connectivity index (χ4v) is 3.97. The van der Waals surface area contributed by atoms with Gasteiger partial charge in [-0.15, -0.1) is 0 Å². The van der Waals surface area contributed by atoms with Gasteiger partial charge in [0.2, 0.25) is 5.78 Å².